The van der Waals surface area contributed by atoms with Crippen molar-refractivity contribution in [1.82, 2.24) is 4.90 Å². The van der Waals surface area contributed by atoms with Gasteiger partial charge in [0.1, 0.15) is 0 Å². The van der Waals surface area contributed by atoms with Crippen LogP contribution in [0.2, 0.25) is 0 Å². The minimum absolute atomic E-state index is 0.0292. The fourth-order valence-corrected chi connectivity index (χ4v) is 1.45. The van der Waals surface area contributed by atoms with Crippen molar-refractivity contribution in [3.63, 3.8) is 0 Å². The zero-order valence-electron chi connectivity index (χ0n) is 12.4. The van der Waals surface area contributed by atoms with Crippen LogP contribution in [0.15, 0.2) is 12.1 Å². The van der Waals surface area contributed by atoms with Crippen molar-refractivity contribution in [2.24, 2.45) is 0 Å². The van der Waals surface area contributed by atoms with E-state index in [0.29, 0.717) is 6.54 Å². The Balaban J connectivity index is 3.00. The summed E-state index contributed by atoms with van der Waals surface area (Å²) in [7, 11) is 5.16. The second-order valence-corrected chi connectivity index (χ2v) is 5.32. The zero-order valence-corrected chi connectivity index (χ0v) is 12.4. The van der Waals surface area contributed by atoms with Crippen LogP contribution in [0.5, 0.6) is 5.75 Å². The zero-order chi connectivity index (χ0) is 15.5. The van der Waals surface area contributed by atoms with Crippen molar-refractivity contribution in [3.05, 3.63) is 28.1 Å². The molecule has 0 heterocycles. The molecular formula is C13H20FN3O3. The van der Waals surface area contributed by atoms with E-state index in [0.717, 1.165) is 6.07 Å². The number of ether oxygens (including phenoxy) is 1. The smallest absolute Gasteiger partial charge is 0.313 e. The molecule has 1 rings (SSSR count). The summed E-state index contributed by atoms with van der Waals surface area (Å²) in [6.07, 6.45) is 0. The first-order chi connectivity index (χ1) is 9.19. The van der Waals surface area contributed by atoms with Gasteiger partial charge in [0.2, 0.25) is 0 Å². The van der Waals surface area contributed by atoms with E-state index in [1.807, 2.05) is 32.8 Å². The molecule has 0 atom stereocenters. The Morgan fingerprint density at radius 1 is 1.45 bits per heavy atom. The molecule has 0 spiro atoms. The van der Waals surface area contributed by atoms with Gasteiger partial charge in [0.15, 0.2) is 11.6 Å². The summed E-state index contributed by atoms with van der Waals surface area (Å²) < 4.78 is 18.8. The molecule has 0 aromatic heterocycles. The van der Waals surface area contributed by atoms with Crippen LogP contribution in [-0.4, -0.2) is 43.1 Å². The molecule has 1 aromatic carbocycles. The summed E-state index contributed by atoms with van der Waals surface area (Å²) in [4.78, 5) is 12.1. The number of likely N-dealkylation sites (N-methyl/N-ethyl adjacent to an activating group) is 1. The first-order valence-corrected chi connectivity index (χ1v) is 6.12. The average Bonchev–Trinajstić information content (AvgIpc) is 2.36. The van der Waals surface area contributed by atoms with Gasteiger partial charge >= 0.3 is 5.69 Å². The molecule has 0 saturated heterocycles. The van der Waals surface area contributed by atoms with Gasteiger partial charge in [-0.05, 0) is 27.9 Å². The third-order valence-corrected chi connectivity index (χ3v) is 3.39. The van der Waals surface area contributed by atoms with Gasteiger partial charge in [0.05, 0.1) is 23.8 Å². The van der Waals surface area contributed by atoms with Crippen LogP contribution in [0.1, 0.15) is 13.8 Å². The first kappa shape index (κ1) is 16.2. The van der Waals surface area contributed by atoms with Crippen LogP contribution in [0, 0.1) is 15.9 Å². The van der Waals surface area contributed by atoms with Gasteiger partial charge in [-0.1, -0.05) is 0 Å². The van der Waals surface area contributed by atoms with E-state index in [9.17, 15) is 14.5 Å². The Kier molecular flexibility index (Phi) is 4.88. The van der Waals surface area contributed by atoms with Crippen LogP contribution in [0.25, 0.3) is 0 Å². The molecule has 0 aliphatic rings. The number of methoxy groups -OCH3 is 1. The molecule has 0 aliphatic heterocycles. The standard InChI is InChI=1S/C13H20FN3O3/c1-13(2,16(3)4)8-15-10-7-12(20-5)11(17(18)19)6-9(10)14/h6-7,15H,8H2,1-5H3. The number of benzene rings is 1. The minimum Gasteiger partial charge on any atom is -0.490 e. The number of nitro groups is 1. The highest BCUT2D eigenvalue weighted by Crippen LogP contribution is 2.32. The lowest BCUT2D eigenvalue weighted by atomic mass is 10.0. The van der Waals surface area contributed by atoms with Crippen molar-refractivity contribution in [3.8, 4) is 5.75 Å². The van der Waals surface area contributed by atoms with Gasteiger partial charge in [-0.3, -0.25) is 10.1 Å². The summed E-state index contributed by atoms with van der Waals surface area (Å²) in [5.74, 6) is -0.645. The van der Waals surface area contributed by atoms with Gasteiger partial charge < -0.3 is 15.0 Å². The van der Waals surface area contributed by atoms with E-state index in [1.165, 1.54) is 13.2 Å². The molecule has 0 aliphatic carbocycles. The monoisotopic (exact) mass is 285 g/mol. The van der Waals surface area contributed by atoms with Gasteiger partial charge in [0.25, 0.3) is 0 Å². The lowest BCUT2D eigenvalue weighted by molar-refractivity contribution is -0.385. The molecule has 0 saturated carbocycles. The molecule has 1 aromatic rings. The molecule has 6 nitrogen and oxygen atoms in total. The molecule has 0 amide bonds. The molecule has 112 valence electrons. The third kappa shape index (κ3) is 3.57. The molecule has 0 bridgehead atoms. The van der Waals surface area contributed by atoms with E-state index in [-0.39, 0.29) is 22.7 Å². The van der Waals surface area contributed by atoms with Gasteiger partial charge in [-0.2, -0.15) is 0 Å². The number of halogens is 1. The van der Waals surface area contributed by atoms with Crippen molar-refractivity contribution in [1.29, 1.82) is 0 Å². The van der Waals surface area contributed by atoms with Crippen molar-refractivity contribution in [2.45, 2.75) is 19.4 Å². The van der Waals surface area contributed by atoms with Crippen LogP contribution < -0.4 is 10.1 Å². The summed E-state index contributed by atoms with van der Waals surface area (Å²) in [6, 6.07) is 2.17. The second-order valence-electron chi connectivity index (χ2n) is 5.32. The lowest BCUT2D eigenvalue weighted by Crippen LogP contribution is -2.44. The molecule has 7 heteroatoms. The maximum atomic E-state index is 13.9. The Labute approximate surface area is 117 Å². The number of rotatable bonds is 6. The van der Waals surface area contributed by atoms with E-state index < -0.39 is 10.7 Å². The van der Waals surface area contributed by atoms with Crippen LogP contribution >= 0.6 is 0 Å². The largest absolute Gasteiger partial charge is 0.490 e. The second kappa shape index (κ2) is 6.04. The summed E-state index contributed by atoms with van der Waals surface area (Å²) >= 11 is 0. The number of hydrogen-bond donors (Lipinski definition) is 1. The van der Waals surface area contributed by atoms with Gasteiger partial charge in [-0.15, -0.1) is 0 Å². The predicted molar refractivity (Wildman–Crippen MR) is 75.9 cm³/mol. The SMILES string of the molecule is COc1cc(NCC(C)(C)N(C)C)c(F)cc1[N+](=O)[O-]. The third-order valence-electron chi connectivity index (χ3n) is 3.39. The van der Waals surface area contributed by atoms with E-state index in [4.69, 9.17) is 4.74 Å². The van der Waals surface area contributed by atoms with Crippen molar-refractivity contribution >= 4 is 11.4 Å². The number of hydrogen-bond acceptors (Lipinski definition) is 5. The first-order valence-electron chi connectivity index (χ1n) is 6.12. The van der Waals surface area contributed by atoms with Crippen molar-refractivity contribution < 1.29 is 14.1 Å². The number of nitrogens with one attached hydrogen (secondary N) is 1. The Morgan fingerprint density at radius 2 is 2.05 bits per heavy atom. The fraction of sp³-hybridized carbons (Fsp3) is 0.538. The van der Waals surface area contributed by atoms with E-state index in [1.54, 1.807) is 0 Å². The highest BCUT2D eigenvalue weighted by Gasteiger charge is 2.23. The normalized spacial score (nSPS) is 11.6. The Morgan fingerprint density at radius 3 is 2.50 bits per heavy atom. The maximum absolute atomic E-state index is 13.9. The highest BCUT2D eigenvalue weighted by atomic mass is 19.1. The minimum atomic E-state index is -0.674. The molecule has 0 unspecified atom stereocenters. The molecular weight excluding hydrogens is 265 g/mol. The van der Waals surface area contributed by atoms with E-state index in [2.05, 4.69) is 5.32 Å². The fourth-order valence-electron chi connectivity index (χ4n) is 1.45. The molecule has 0 fully saturated rings. The predicted octanol–water partition coefficient (Wildman–Crippen LogP) is 2.49. The van der Waals surface area contributed by atoms with Crippen LogP contribution in [0.4, 0.5) is 15.8 Å². The number of nitrogens with zero attached hydrogens (tertiary/aromatic N) is 2. The molecule has 1 N–H and O–H groups in total. The van der Waals surface area contributed by atoms with E-state index >= 15 is 0 Å². The average molecular weight is 285 g/mol. The van der Waals surface area contributed by atoms with Crippen LogP contribution in [-0.2, 0) is 0 Å². The summed E-state index contributed by atoms with van der Waals surface area (Å²) in [5.41, 5.74) is -0.397. The Hall–Kier alpha value is -1.89. The van der Waals surface area contributed by atoms with Gasteiger partial charge in [-0.25, -0.2) is 4.39 Å². The lowest BCUT2D eigenvalue weighted by Gasteiger charge is -2.33. The Bertz CT molecular complexity index is 504. The maximum Gasteiger partial charge on any atom is 0.313 e. The highest BCUT2D eigenvalue weighted by molar-refractivity contribution is 5.59. The van der Waals surface area contributed by atoms with Crippen LogP contribution in [0.3, 0.4) is 0 Å². The summed E-state index contributed by atoms with van der Waals surface area (Å²) in [5, 5.41) is 13.7. The molecule has 0 radical (unpaired) electrons. The number of nitro benzene ring substituents is 1. The van der Waals surface area contributed by atoms with Crippen molar-refractivity contribution in [2.75, 3.05) is 33.1 Å². The molecule has 20 heavy (non-hydrogen) atoms. The number of anilines is 1. The topological polar surface area (TPSA) is 67.6 Å². The van der Waals surface area contributed by atoms with Gasteiger partial charge in [0, 0.05) is 18.2 Å². The summed E-state index contributed by atoms with van der Waals surface area (Å²) in [6.45, 7) is 4.49. The quantitative estimate of drug-likeness (QED) is 0.642.